The van der Waals surface area contributed by atoms with Gasteiger partial charge in [-0.25, -0.2) is 4.98 Å². The van der Waals surface area contributed by atoms with Gasteiger partial charge in [-0.3, -0.25) is 4.90 Å². The number of thiazole rings is 1. The molecule has 2 aromatic heterocycles. The van der Waals surface area contributed by atoms with E-state index in [9.17, 15) is 5.11 Å². The summed E-state index contributed by atoms with van der Waals surface area (Å²) in [4.78, 5) is 10.6. The zero-order valence-corrected chi connectivity index (χ0v) is 18.4. The molecule has 164 valence electrons. The van der Waals surface area contributed by atoms with E-state index in [-0.39, 0.29) is 0 Å². The molecule has 8 heteroatoms. The van der Waals surface area contributed by atoms with Crippen LogP contribution in [0.15, 0.2) is 47.1 Å². The Morgan fingerprint density at radius 1 is 1.06 bits per heavy atom. The molecule has 2 aliphatic rings. The number of ether oxygens (including phenoxy) is 1. The number of likely N-dealkylation sites (tertiary alicyclic amines) is 1. The van der Waals surface area contributed by atoms with Crippen LogP contribution in [0.25, 0.3) is 11.3 Å². The number of aromatic nitrogens is 2. The van der Waals surface area contributed by atoms with E-state index in [1.807, 2.05) is 42.6 Å². The van der Waals surface area contributed by atoms with Crippen LogP contribution in [0.5, 0.6) is 0 Å². The highest BCUT2D eigenvalue weighted by Gasteiger charge is 2.34. The van der Waals surface area contributed by atoms with E-state index in [2.05, 4.69) is 19.9 Å². The van der Waals surface area contributed by atoms with Gasteiger partial charge in [0, 0.05) is 61.8 Å². The summed E-state index contributed by atoms with van der Waals surface area (Å²) in [6.45, 7) is 5.99. The fraction of sp³-hybridized carbons (Fsp3) is 0.478. The van der Waals surface area contributed by atoms with Crippen molar-refractivity contribution in [2.45, 2.75) is 31.4 Å². The summed E-state index contributed by atoms with van der Waals surface area (Å²) in [5.74, 6) is 0.743. The molecule has 0 aliphatic carbocycles. The number of rotatable bonds is 6. The van der Waals surface area contributed by atoms with Crippen molar-refractivity contribution in [3.05, 3.63) is 53.2 Å². The highest BCUT2D eigenvalue weighted by atomic mass is 32.1. The monoisotopic (exact) mass is 440 g/mol. The fourth-order valence-electron chi connectivity index (χ4n) is 4.26. The maximum Gasteiger partial charge on any atom is 0.185 e. The van der Waals surface area contributed by atoms with Crippen molar-refractivity contribution in [3.8, 4) is 11.3 Å². The number of piperidine rings is 1. The van der Waals surface area contributed by atoms with Crippen molar-refractivity contribution < 1.29 is 14.4 Å². The van der Waals surface area contributed by atoms with Crippen LogP contribution in [-0.4, -0.2) is 65.1 Å². The van der Waals surface area contributed by atoms with Crippen molar-refractivity contribution in [1.29, 1.82) is 0 Å². The quantitative estimate of drug-likeness (QED) is 0.631. The van der Waals surface area contributed by atoms with Crippen LogP contribution >= 0.6 is 11.3 Å². The Morgan fingerprint density at radius 3 is 2.61 bits per heavy atom. The summed E-state index contributed by atoms with van der Waals surface area (Å²) in [7, 11) is 0. The Bertz CT molecular complexity index is 976. The van der Waals surface area contributed by atoms with Gasteiger partial charge in [0.2, 0.25) is 0 Å². The first-order valence-corrected chi connectivity index (χ1v) is 11.7. The molecule has 7 nitrogen and oxygen atoms in total. The predicted molar refractivity (Wildman–Crippen MR) is 120 cm³/mol. The molecule has 1 N–H and O–H groups in total. The molecule has 2 saturated heterocycles. The lowest BCUT2D eigenvalue weighted by Gasteiger charge is -2.37. The van der Waals surface area contributed by atoms with Crippen molar-refractivity contribution in [2.75, 3.05) is 44.3 Å². The predicted octanol–water partition coefficient (Wildman–Crippen LogP) is 3.20. The number of morpholine rings is 1. The van der Waals surface area contributed by atoms with E-state index in [4.69, 9.17) is 9.26 Å². The molecular formula is C23H28N4O3S. The maximum atomic E-state index is 11.1. The van der Waals surface area contributed by atoms with Gasteiger partial charge in [-0.2, -0.15) is 0 Å². The average Bonchev–Trinajstić information content (AvgIpc) is 3.47. The normalized spacial score (nSPS) is 19.6. The molecule has 5 rings (SSSR count). The first-order valence-electron chi connectivity index (χ1n) is 10.9. The molecule has 0 atom stereocenters. The molecule has 0 bridgehead atoms. The molecule has 1 aromatic carbocycles. The number of hydrogen-bond donors (Lipinski definition) is 1. The maximum absolute atomic E-state index is 11.1. The van der Waals surface area contributed by atoms with E-state index in [0.29, 0.717) is 6.42 Å². The Balaban J connectivity index is 1.14. The summed E-state index contributed by atoms with van der Waals surface area (Å²) >= 11 is 1.77. The third-order valence-electron chi connectivity index (χ3n) is 6.12. The van der Waals surface area contributed by atoms with Gasteiger partial charge in [-0.1, -0.05) is 35.5 Å². The summed E-state index contributed by atoms with van der Waals surface area (Å²) in [6.07, 6.45) is 3.95. The average molecular weight is 441 g/mol. The zero-order chi connectivity index (χ0) is 21.1. The number of benzene rings is 1. The van der Waals surface area contributed by atoms with E-state index < -0.39 is 5.60 Å². The van der Waals surface area contributed by atoms with Gasteiger partial charge in [0.15, 0.2) is 5.13 Å². The van der Waals surface area contributed by atoms with Crippen molar-refractivity contribution in [1.82, 2.24) is 15.0 Å². The van der Waals surface area contributed by atoms with Gasteiger partial charge < -0.3 is 19.3 Å². The summed E-state index contributed by atoms with van der Waals surface area (Å²) in [6, 6.07) is 11.9. The van der Waals surface area contributed by atoms with E-state index in [0.717, 1.165) is 80.9 Å². The van der Waals surface area contributed by atoms with E-state index in [1.165, 1.54) is 4.88 Å². The molecule has 0 amide bonds. The standard InChI is InChI=1S/C23H28N4O3S/c28-23(15-19-14-21(25-30-19)18-4-2-1-3-5-18)6-8-26(9-7-23)17-20-16-24-22(31-20)27-10-12-29-13-11-27/h1-5,14,16,28H,6-13,15,17H2. The Kier molecular flexibility index (Phi) is 6.04. The minimum absolute atomic E-state index is 0.502. The van der Waals surface area contributed by atoms with Gasteiger partial charge >= 0.3 is 0 Å². The number of anilines is 1. The van der Waals surface area contributed by atoms with Gasteiger partial charge in [0.05, 0.1) is 18.8 Å². The SMILES string of the molecule is OC1(Cc2cc(-c3ccccc3)no2)CCN(Cc2cnc(N3CCOCC3)s2)CC1. The molecule has 0 unspecified atom stereocenters. The molecule has 2 fully saturated rings. The lowest BCUT2D eigenvalue weighted by molar-refractivity contribution is -0.0263. The third-order valence-corrected chi connectivity index (χ3v) is 7.16. The molecule has 0 radical (unpaired) electrons. The summed E-state index contributed by atoms with van der Waals surface area (Å²) in [5, 5.41) is 16.4. The summed E-state index contributed by atoms with van der Waals surface area (Å²) in [5.41, 5.74) is 1.11. The zero-order valence-electron chi connectivity index (χ0n) is 17.6. The Hall–Kier alpha value is -2.26. The van der Waals surface area contributed by atoms with Crippen LogP contribution in [0.4, 0.5) is 5.13 Å². The van der Waals surface area contributed by atoms with Crippen molar-refractivity contribution in [3.63, 3.8) is 0 Å². The lowest BCUT2D eigenvalue weighted by Crippen LogP contribution is -2.45. The second kappa shape index (κ2) is 9.08. The van der Waals surface area contributed by atoms with E-state index >= 15 is 0 Å². The molecule has 2 aliphatic heterocycles. The molecule has 0 spiro atoms. The summed E-state index contributed by atoms with van der Waals surface area (Å²) < 4.78 is 11.0. The van der Waals surface area contributed by atoms with Gasteiger partial charge in [-0.05, 0) is 12.8 Å². The van der Waals surface area contributed by atoms with Crippen LogP contribution in [0.3, 0.4) is 0 Å². The second-order valence-corrected chi connectivity index (χ2v) is 9.52. The largest absolute Gasteiger partial charge is 0.389 e. The molecule has 0 saturated carbocycles. The first-order chi connectivity index (χ1) is 15.2. The minimum Gasteiger partial charge on any atom is -0.389 e. The highest BCUT2D eigenvalue weighted by Crippen LogP contribution is 2.30. The topological polar surface area (TPSA) is 74.9 Å². The van der Waals surface area contributed by atoms with Crippen LogP contribution in [0.1, 0.15) is 23.5 Å². The van der Waals surface area contributed by atoms with Gasteiger partial charge in [0.1, 0.15) is 11.5 Å². The smallest absolute Gasteiger partial charge is 0.185 e. The van der Waals surface area contributed by atoms with Crippen molar-refractivity contribution in [2.24, 2.45) is 0 Å². The second-order valence-electron chi connectivity index (χ2n) is 8.43. The van der Waals surface area contributed by atoms with Crippen molar-refractivity contribution >= 4 is 16.5 Å². The highest BCUT2D eigenvalue weighted by molar-refractivity contribution is 7.15. The number of hydrogen-bond acceptors (Lipinski definition) is 8. The lowest BCUT2D eigenvalue weighted by atomic mass is 9.87. The van der Waals surface area contributed by atoms with Crippen LogP contribution in [0.2, 0.25) is 0 Å². The number of nitrogens with zero attached hydrogens (tertiary/aromatic N) is 4. The van der Waals surface area contributed by atoms with Gasteiger partial charge in [-0.15, -0.1) is 11.3 Å². The van der Waals surface area contributed by atoms with Gasteiger partial charge in [0.25, 0.3) is 0 Å². The first kappa shape index (κ1) is 20.6. The third kappa shape index (κ3) is 4.98. The van der Waals surface area contributed by atoms with Crippen LogP contribution < -0.4 is 4.90 Å². The Labute approximate surface area is 186 Å². The van der Waals surface area contributed by atoms with E-state index in [1.54, 1.807) is 11.3 Å². The molecule has 3 aromatic rings. The molecule has 4 heterocycles. The van der Waals surface area contributed by atoms with Crippen LogP contribution in [-0.2, 0) is 17.7 Å². The van der Waals surface area contributed by atoms with Crippen LogP contribution in [0, 0.1) is 0 Å². The molecule has 31 heavy (non-hydrogen) atoms. The Morgan fingerprint density at radius 2 is 1.84 bits per heavy atom. The fourth-order valence-corrected chi connectivity index (χ4v) is 5.27. The minimum atomic E-state index is -0.739. The molecular weight excluding hydrogens is 412 g/mol. The number of aliphatic hydroxyl groups is 1.